The van der Waals surface area contributed by atoms with Gasteiger partial charge in [-0.3, -0.25) is 4.98 Å². The van der Waals surface area contributed by atoms with Crippen LogP contribution >= 0.6 is 0 Å². The third kappa shape index (κ3) is 8.49. The van der Waals surface area contributed by atoms with Gasteiger partial charge >= 0.3 is 0 Å². The molecule has 4 saturated carbocycles. The van der Waals surface area contributed by atoms with E-state index in [0.717, 1.165) is 99.9 Å². The van der Waals surface area contributed by atoms with Crippen molar-refractivity contribution < 1.29 is 26.5 Å². The number of fused-ring (bicyclic) bond motifs is 5. The van der Waals surface area contributed by atoms with E-state index in [1.807, 2.05) is 25.2 Å². The molecule has 1 N–H and O–H groups in total. The highest BCUT2D eigenvalue weighted by Crippen LogP contribution is 2.71. The van der Waals surface area contributed by atoms with Gasteiger partial charge in [0.1, 0.15) is 11.4 Å². The summed E-state index contributed by atoms with van der Waals surface area (Å²) in [5.41, 5.74) is 5.65. The van der Waals surface area contributed by atoms with E-state index in [1.54, 1.807) is 44.3 Å². The molecule has 0 amide bonds. The number of aromatic nitrogens is 3. The number of nitrogens with one attached hydrogen (secondary N) is 1. The molecule has 4 aromatic rings. The molecule has 2 aromatic heterocycles. The molecule has 0 spiro atoms. The van der Waals surface area contributed by atoms with Crippen molar-refractivity contribution in [2.45, 2.75) is 153 Å². The summed E-state index contributed by atoms with van der Waals surface area (Å²) in [6, 6.07) is 17.0. The van der Waals surface area contributed by atoms with Gasteiger partial charge in [-0.25, -0.2) is 22.2 Å². The molecule has 0 unspecified atom stereocenters. The van der Waals surface area contributed by atoms with Crippen molar-refractivity contribution in [3.8, 4) is 34.0 Å². The topological polar surface area (TPSA) is 107 Å². The van der Waals surface area contributed by atoms with E-state index in [4.69, 9.17) is 19.2 Å². The van der Waals surface area contributed by atoms with Crippen LogP contribution in [0.1, 0.15) is 129 Å². The molecule has 4 fully saturated rings. The summed E-state index contributed by atoms with van der Waals surface area (Å²) < 4.78 is 67.6. The first-order chi connectivity index (χ1) is 29.1. The number of nitrogens with zero attached hydrogens (tertiary/aromatic N) is 3. The van der Waals surface area contributed by atoms with E-state index in [9.17, 15) is 17.2 Å². The van der Waals surface area contributed by atoms with Crippen LogP contribution in [0.3, 0.4) is 0 Å². The smallest absolute Gasteiger partial charge is 0.248 e. The summed E-state index contributed by atoms with van der Waals surface area (Å²) in [7, 11) is -1.47. The van der Waals surface area contributed by atoms with Crippen molar-refractivity contribution in [1.82, 2.24) is 20.4 Å². The maximum Gasteiger partial charge on any atom is 0.248 e. The monoisotopic (exact) mass is 856 g/mol. The first-order valence-corrected chi connectivity index (χ1v) is 24.5. The minimum atomic E-state index is -3.40. The number of rotatable bonds is 15. The standard InChI is InChI=1S/C50H66F2N4O4S/c1-33(2)61(57,58)37-18-16-36(17-19-37)43-31-54-41(46(55-43)44-29-42(56-60-44)35-14-12-34(13-15-35)30-53-6)11-9-7-8-10-28-59-45-21-20-39-38-22-24-47(3)32-50(51,52)27-26-49(47,5)40(38)23-25-48(39,45)4/h12-19,29,31,33,38-40,45,53H,7-11,20-28,30,32H2,1-6H3/t38-,39-,40-,45-,47-,48-,49+/m0/s1. The van der Waals surface area contributed by atoms with Crippen LogP contribution in [0.2, 0.25) is 0 Å². The quantitative estimate of drug-likeness (QED) is 0.118. The van der Waals surface area contributed by atoms with E-state index in [0.29, 0.717) is 41.3 Å². The third-order valence-corrected chi connectivity index (χ3v) is 18.4. The molecule has 2 aromatic carbocycles. The van der Waals surface area contributed by atoms with E-state index in [1.165, 1.54) is 12.0 Å². The number of aryl methyl sites for hydroxylation is 1. The van der Waals surface area contributed by atoms with Crippen LogP contribution in [-0.4, -0.2) is 54.5 Å². The molecule has 8 rings (SSSR count). The molecular weight excluding hydrogens is 791 g/mol. The number of benzene rings is 2. The Bertz CT molecular complexity index is 2260. The third-order valence-electron chi connectivity index (χ3n) is 16.2. The number of hydrogen-bond acceptors (Lipinski definition) is 8. The number of alkyl halides is 2. The largest absolute Gasteiger partial charge is 0.378 e. The molecule has 8 nitrogen and oxygen atoms in total. The van der Waals surface area contributed by atoms with Crippen molar-refractivity contribution in [2.24, 2.45) is 34.0 Å². The van der Waals surface area contributed by atoms with Crippen LogP contribution in [0.5, 0.6) is 0 Å². The van der Waals surface area contributed by atoms with Gasteiger partial charge < -0.3 is 14.6 Å². The minimum absolute atomic E-state index is 0.00960. The normalized spacial score (nSPS) is 29.6. The molecule has 4 aliphatic rings. The van der Waals surface area contributed by atoms with Gasteiger partial charge in [-0.05, 0) is 137 Å². The van der Waals surface area contributed by atoms with Crippen LogP contribution in [0, 0.1) is 34.0 Å². The van der Waals surface area contributed by atoms with E-state index < -0.39 is 21.0 Å². The Morgan fingerprint density at radius 2 is 1.57 bits per heavy atom. The highest BCUT2D eigenvalue weighted by atomic mass is 32.2. The Kier molecular flexibility index (Phi) is 12.4. The van der Waals surface area contributed by atoms with Crippen molar-refractivity contribution in [2.75, 3.05) is 13.7 Å². The molecule has 0 saturated heterocycles. The van der Waals surface area contributed by atoms with Crippen molar-refractivity contribution in [3.05, 3.63) is 72.1 Å². The first kappa shape index (κ1) is 44.1. The predicted molar refractivity (Wildman–Crippen MR) is 237 cm³/mol. The lowest BCUT2D eigenvalue weighted by atomic mass is 9.40. The maximum absolute atomic E-state index is 14.7. The maximum atomic E-state index is 14.7. The average molecular weight is 857 g/mol. The molecule has 330 valence electrons. The Morgan fingerprint density at radius 3 is 2.31 bits per heavy atom. The molecule has 0 aliphatic heterocycles. The molecule has 61 heavy (non-hydrogen) atoms. The lowest BCUT2D eigenvalue weighted by Crippen LogP contribution is -2.59. The SMILES string of the molecule is CNCc1ccc(-c2cc(-c3nc(-c4ccc(S(=O)(=O)C(C)C)cc4)cnc3CCCCCCO[C@H]3CC[C@H]4[C@@H]5CC[C@@]6(C)CC(F)(F)CC[C@]6(C)[C@H]5CC[C@]34C)on2)cc1. The lowest BCUT2D eigenvalue weighted by molar-refractivity contribution is -0.207. The van der Waals surface area contributed by atoms with E-state index in [2.05, 4.69) is 43.4 Å². The molecule has 0 radical (unpaired) electrons. The van der Waals surface area contributed by atoms with Crippen LogP contribution in [0.25, 0.3) is 34.0 Å². The number of unbranched alkanes of at least 4 members (excludes halogenated alkanes) is 3. The fourth-order valence-corrected chi connectivity index (χ4v) is 13.4. The number of ether oxygens (including phenoxy) is 1. The average Bonchev–Trinajstić information content (AvgIpc) is 3.86. The molecular formula is C50H66F2N4O4S. The zero-order valence-corrected chi connectivity index (χ0v) is 37.9. The zero-order valence-electron chi connectivity index (χ0n) is 37.1. The summed E-state index contributed by atoms with van der Waals surface area (Å²) in [6.07, 6.45) is 14.2. The first-order valence-electron chi connectivity index (χ1n) is 23.0. The van der Waals surface area contributed by atoms with E-state index >= 15 is 0 Å². The van der Waals surface area contributed by atoms with Crippen molar-refractivity contribution >= 4 is 9.84 Å². The fraction of sp³-hybridized carbons (Fsp3) is 0.620. The predicted octanol–water partition coefficient (Wildman–Crippen LogP) is 11.9. The van der Waals surface area contributed by atoms with Crippen LogP contribution in [0.15, 0.2) is 70.2 Å². The zero-order chi connectivity index (χ0) is 43.2. The highest BCUT2D eigenvalue weighted by molar-refractivity contribution is 7.92. The Labute approximate surface area is 362 Å². The van der Waals surface area contributed by atoms with Gasteiger partial charge in [-0.15, -0.1) is 0 Å². The van der Waals surface area contributed by atoms with Gasteiger partial charge in [0.05, 0.1) is 33.8 Å². The molecule has 0 bridgehead atoms. The van der Waals surface area contributed by atoms with Crippen molar-refractivity contribution in [1.29, 1.82) is 0 Å². The highest BCUT2D eigenvalue weighted by Gasteiger charge is 2.65. The van der Waals surface area contributed by atoms with Gasteiger partial charge in [0.25, 0.3) is 0 Å². The van der Waals surface area contributed by atoms with Gasteiger partial charge in [0.15, 0.2) is 15.6 Å². The molecule has 4 aliphatic carbocycles. The second-order valence-corrected chi connectivity index (χ2v) is 22.5. The van der Waals surface area contributed by atoms with Crippen LogP contribution in [0.4, 0.5) is 8.78 Å². The molecule has 7 atom stereocenters. The summed E-state index contributed by atoms with van der Waals surface area (Å²) in [4.78, 5) is 10.2. The summed E-state index contributed by atoms with van der Waals surface area (Å²) >= 11 is 0. The number of hydrogen-bond donors (Lipinski definition) is 1. The van der Waals surface area contributed by atoms with Crippen molar-refractivity contribution in [3.63, 3.8) is 0 Å². The Balaban J connectivity index is 0.886. The lowest BCUT2D eigenvalue weighted by Gasteiger charge is -2.65. The van der Waals surface area contributed by atoms with Gasteiger partial charge in [-0.1, -0.05) is 75.2 Å². The minimum Gasteiger partial charge on any atom is -0.378 e. The molecule has 2 heterocycles. The summed E-state index contributed by atoms with van der Waals surface area (Å²) in [5, 5.41) is 7.08. The second kappa shape index (κ2) is 17.2. The Hall–Kier alpha value is -3.54. The summed E-state index contributed by atoms with van der Waals surface area (Å²) in [6.45, 7) is 11.9. The summed E-state index contributed by atoms with van der Waals surface area (Å²) in [5.74, 6) is -0.160. The van der Waals surface area contributed by atoms with Crippen LogP contribution in [-0.2, 0) is 27.5 Å². The fourth-order valence-electron chi connectivity index (χ4n) is 12.3. The number of halogens is 2. The number of sulfone groups is 1. The van der Waals surface area contributed by atoms with Gasteiger partial charge in [0.2, 0.25) is 5.92 Å². The molecule has 11 heteroatoms. The van der Waals surface area contributed by atoms with E-state index in [-0.39, 0.29) is 40.1 Å². The van der Waals surface area contributed by atoms with Gasteiger partial charge in [0, 0.05) is 43.2 Å². The second-order valence-electron chi connectivity index (χ2n) is 20.0. The van der Waals surface area contributed by atoms with Gasteiger partial charge in [-0.2, -0.15) is 0 Å². The van der Waals surface area contributed by atoms with Crippen LogP contribution < -0.4 is 5.32 Å². The Morgan fingerprint density at radius 1 is 0.852 bits per heavy atom.